The van der Waals surface area contributed by atoms with Gasteiger partial charge in [-0.3, -0.25) is 4.79 Å². The quantitative estimate of drug-likeness (QED) is 0.801. The molecule has 1 amide bonds. The van der Waals surface area contributed by atoms with Gasteiger partial charge in [-0.2, -0.15) is 0 Å². The molecular formula is C17H26N4O3. The number of anilines is 1. The van der Waals surface area contributed by atoms with Crippen molar-refractivity contribution in [1.82, 2.24) is 14.9 Å². The zero-order valence-corrected chi connectivity index (χ0v) is 14.6. The van der Waals surface area contributed by atoms with E-state index in [-0.39, 0.29) is 24.7 Å². The fourth-order valence-corrected chi connectivity index (χ4v) is 3.31. The van der Waals surface area contributed by atoms with Crippen LogP contribution >= 0.6 is 0 Å². The first-order valence-electron chi connectivity index (χ1n) is 8.53. The van der Waals surface area contributed by atoms with Crippen LogP contribution in [0.5, 0.6) is 0 Å². The summed E-state index contributed by atoms with van der Waals surface area (Å²) in [5.74, 6) is 0.773. The van der Waals surface area contributed by atoms with Crippen molar-refractivity contribution in [3.8, 4) is 0 Å². The minimum atomic E-state index is -0.0211. The van der Waals surface area contributed by atoms with Gasteiger partial charge in [0.2, 0.25) is 11.9 Å². The van der Waals surface area contributed by atoms with Gasteiger partial charge in [-0.05, 0) is 31.7 Å². The Morgan fingerprint density at radius 2 is 2.08 bits per heavy atom. The van der Waals surface area contributed by atoms with Crippen LogP contribution in [0.3, 0.4) is 0 Å². The molecule has 1 aromatic heterocycles. The number of hydrogen-bond acceptors (Lipinski definition) is 6. The third kappa shape index (κ3) is 3.84. The summed E-state index contributed by atoms with van der Waals surface area (Å²) >= 11 is 0. The van der Waals surface area contributed by atoms with Crippen molar-refractivity contribution in [2.24, 2.45) is 0 Å². The maximum absolute atomic E-state index is 11.5. The Kier molecular flexibility index (Phi) is 5.30. The van der Waals surface area contributed by atoms with Gasteiger partial charge in [0.05, 0.1) is 24.9 Å². The minimum Gasteiger partial charge on any atom is -0.370 e. The van der Waals surface area contributed by atoms with Crippen LogP contribution in [-0.2, 0) is 14.3 Å². The van der Waals surface area contributed by atoms with Gasteiger partial charge in [0.15, 0.2) is 0 Å². The Bertz CT molecular complexity index is 563. The standard InChI is InChI=1S/C17H26N4O3/c1-12-8-18-17(19-9-12)21-7-6-15-14(21)5-4-13(24-15)10-23-11-16(22)20(2)3/h8-9,13-15H,4-7,10-11H2,1-3H3/t13?,14-,15-/m0/s1. The molecule has 0 N–H and O–H groups in total. The molecule has 3 atom stereocenters. The number of fused-ring (bicyclic) bond motifs is 1. The van der Waals surface area contributed by atoms with E-state index < -0.39 is 0 Å². The second-order valence-corrected chi connectivity index (χ2v) is 6.79. The summed E-state index contributed by atoms with van der Waals surface area (Å²) in [6.45, 7) is 3.51. The number of amides is 1. The first-order valence-corrected chi connectivity index (χ1v) is 8.53. The smallest absolute Gasteiger partial charge is 0.248 e. The van der Waals surface area contributed by atoms with E-state index in [1.165, 1.54) is 4.90 Å². The number of aryl methyl sites for hydroxylation is 1. The number of carbonyl (C=O) groups excluding carboxylic acids is 1. The largest absolute Gasteiger partial charge is 0.370 e. The highest BCUT2D eigenvalue weighted by atomic mass is 16.5. The second kappa shape index (κ2) is 7.44. The van der Waals surface area contributed by atoms with Crippen molar-refractivity contribution < 1.29 is 14.3 Å². The molecule has 3 rings (SSSR count). The lowest BCUT2D eigenvalue weighted by atomic mass is 9.99. The maximum Gasteiger partial charge on any atom is 0.248 e. The fraction of sp³-hybridized carbons (Fsp3) is 0.706. The van der Waals surface area contributed by atoms with Crippen LogP contribution in [0.25, 0.3) is 0 Å². The van der Waals surface area contributed by atoms with E-state index in [4.69, 9.17) is 9.47 Å². The molecule has 0 radical (unpaired) electrons. The molecule has 24 heavy (non-hydrogen) atoms. The number of hydrogen-bond donors (Lipinski definition) is 0. The number of carbonyl (C=O) groups is 1. The van der Waals surface area contributed by atoms with Gasteiger partial charge in [0.25, 0.3) is 0 Å². The predicted molar refractivity (Wildman–Crippen MR) is 89.9 cm³/mol. The van der Waals surface area contributed by atoms with Gasteiger partial charge in [0, 0.05) is 33.0 Å². The lowest BCUT2D eigenvalue weighted by Crippen LogP contribution is -2.44. The van der Waals surface area contributed by atoms with Crippen LogP contribution in [0, 0.1) is 6.92 Å². The van der Waals surface area contributed by atoms with E-state index in [0.29, 0.717) is 12.6 Å². The monoisotopic (exact) mass is 334 g/mol. The molecule has 2 aliphatic rings. The molecular weight excluding hydrogens is 308 g/mol. The van der Waals surface area contributed by atoms with E-state index in [0.717, 1.165) is 37.3 Å². The van der Waals surface area contributed by atoms with Gasteiger partial charge < -0.3 is 19.3 Å². The van der Waals surface area contributed by atoms with Gasteiger partial charge >= 0.3 is 0 Å². The van der Waals surface area contributed by atoms with Crippen LogP contribution in [0.15, 0.2) is 12.4 Å². The first-order chi connectivity index (χ1) is 11.5. The molecule has 3 heterocycles. The number of aromatic nitrogens is 2. The zero-order valence-electron chi connectivity index (χ0n) is 14.6. The Morgan fingerprint density at radius 1 is 1.33 bits per heavy atom. The van der Waals surface area contributed by atoms with Crippen LogP contribution in [-0.4, -0.2) is 72.9 Å². The molecule has 7 heteroatoms. The Morgan fingerprint density at radius 3 is 2.79 bits per heavy atom. The average Bonchev–Trinajstić information content (AvgIpc) is 2.98. The van der Waals surface area contributed by atoms with Crippen LogP contribution < -0.4 is 4.90 Å². The van der Waals surface area contributed by atoms with E-state index in [1.807, 2.05) is 19.3 Å². The maximum atomic E-state index is 11.5. The van der Waals surface area contributed by atoms with Crippen LogP contribution in [0.2, 0.25) is 0 Å². The summed E-state index contributed by atoms with van der Waals surface area (Å²) in [7, 11) is 3.46. The second-order valence-electron chi connectivity index (χ2n) is 6.79. The molecule has 2 saturated heterocycles. The molecule has 0 spiro atoms. The van der Waals surface area contributed by atoms with E-state index >= 15 is 0 Å². The minimum absolute atomic E-state index is 0.0211. The zero-order chi connectivity index (χ0) is 17.1. The number of ether oxygens (including phenoxy) is 2. The molecule has 7 nitrogen and oxygen atoms in total. The topological polar surface area (TPSA) is 67.8 Å². The molecule has 0 saturated carbocycles. The van der Waals surface area contributed by atoms with Gasteiger partial charge in [-0.25, -0.2) is 9.97 Å². The predicted octanol–water partition coefficient (Wildman–Crippen LogP) is 1.02. The molecule has 1 unspecified atom stereocenters. The molecule has 2 fully saturated rings. The molecule has 1 aromatic rings. The summed E-state index contributed by atoms with van der Waals surface area (Å²) in [6.07, 6.45) is 6.93. The normalized spacial score (nSPS) is 26.3. The third-order valence-corrected chi connectivity index (χ3v) is 4.69. The summed E-state index contributed by atoms with van der Waals surface area (Å²) in [5.41, 5.74) is 1.07. The molecule has 132 valence electrons. The average molecular weight is 334 g/mol. The van der Waals surface area contributed by atoms with Crippen LogP contribution in [0.1, 0.15) is 24.8 Å². The fourth-order valence-electron chi connectivity index (χ4n) is 3.31. The van der Waals surface area contributed by atoms with Crippen molar-refractivity contribution >= 4 is 11.9 Å². The van der Waals surface area contributed by atoms with E-state index in [9.17, 15) is 4.79 Å². The summed E-state index contributed by atoms with van der Waals surface area (Å²) in [4.78, 5) is 24.2. The van der Waals surface area contributed by atoms with Crippen LogP contribution in [0.4, 0.5) is 5.95 Å². The molecule has 0 bridgehead atoms. The highest BCUT2D eigenvalue weighted by Crippen LogP contribution is 2.33. The lowest BCUT2D eigenvalue weighted by Gasteiger charge is -2.35. The third-order valence-electron chi connectivity index (χ3n) is 4.69. The van der Waals surface area contributed by atoms with Gasteiger partial charge in [0.1, 0.15) is 6.61 Å². The van der Waals surface area contributed by atoms with Gasteiger partial charge in [-0.15, -0.1) is 0 Å². The van der Waals surface area contributed by atoms with Gasteiger partial charge in [-0.1, -0.05) is 0 Å². The van der Waals surface area contributed by atoms with Crippen molar-refractivity contribution in [2.75, 3.05) is 38.8 Å². The van der Waals surface area contributed by atoms with Crippen molar-refractivity contribution in [3.05, 3.63) is 18.0 Å². The van der Waals surface area contributed by atoms with Crippen molar-refractivity contribution in [2.45, 2.75) is 44.4 Å². The highest BCUT2D eigenvalue weighted by Gasteiger charge is 2.40. The van der Waals surface area contributed by atoms with Crippen molar-refractivity contribution in [1.29, 1.82) is 0 Å². The summed E-state index contributed by atoms with van der Waals surface area (Å²) in [5, 5.41) is 0. The number of rotatable bonds is 5. The van der Waals surface area contributed by atoms with E-state index in [1.54, 1.807) is 14.1 Å². The van der Waals surface area contributed by atoms with Crippen molar-refractivity contribution in [3.63, 3.8) is 0 Å². The summed E-state index contributed by atoms with van der Waals surface area (Å²) < 4.78 is 11.7. The molecule has 0 aromatic carbocycles. The van der Waals surface area contributed by atoms with E-state index in [2.05, 4.69) is 14.9 Å². The summed E-state index contributed by atoms with van der Waals surface area (Å²) in [6, 6.07) is 0.340. The number of likely N-dealkylation sites (N-methyl/N-ethyl adjacent to an activating group) is 1. The SMILES string of the molecule is Cc1cnc(N2CC[C@@H]3OC(COCC(=O)N(C)C)CC[C@@H]32)nc1. The Hall–Kier alpha value is -1.73. The lowest BCUT2D eigenvalue weighted by molar-refractivity contribution is -0.137. The Labute approximate surface area is 143 Å². The number of nitrogens with zero attached hydrogens (tertiary/aromatic N) is 4. The highest BCUT2D eigenvalue weighted by molar-refractivity contribution is 5.76. The Balaban J connectivity index is 1.50. The molecule has 0 aliphatic carbocycles. The first kappa shape index (κ1) is 17.1. The molecule has 2 aliphatic heterocycles.